The first kappa shape index (κ1) is 25.8. The third kappa shape index (κ3) is 5.83. The summed E-state index contributed by atoms with van der Waals surface area (Å²) in [4.78, 5) is 19.5. The van der Waals surface area contributed by atoms with Gasteiger partial charge in [-0.25, -0.2) is 4.98 Å². The number of carbonyl (C=O) groups is 1. The molecule has 0 saturated carbocycles. The van der Waals surface area contributed by atoms with Gasteiger partial charge in [0.05, 0.1) is 5.56 Å². The molecule has 1 fully saturated rings. The lowest BCUT2D eigenvalue weighted by Crippen LogP contribution is -2.38. The lowest BCUT2D eigenvalue weighted by atomic mass is 9.96. The third-order valence-electron chi connectivity index (χ3n) is 7.04. The summed E-state index contributed by atoms with van der Waals surface area (Å²) in [5, 5.41) is 3.03. The van der Waals surface area contributed by atoms with E-state index in [9.17, 15) is 18.0 Å². The van der Waals surface area contributed by atoms with Crippen molar-refractivity contribution in [2.45, 2.75) is 32.5 Å². The highest BCUT2D eigenvalue weighted by Crippen LogP contribution is 2.30. The molecule has 198 valence electrons. The van der Waals surface area contributed by atoms with Crippen LogP contribution in [-0.2, 0) is 12.7 Å². The van der Waals surface area contributed by atoms with Gasteiger partial charge in [-0.2, -0.15) is 13.2 Å². The minimum atomic E-state index is -4.32. The smallest absolute Gasteiger partial charge is 0.416 e. The van der Waals surface area contributed by atoms with Crippen molar-refractivity contribution in [3.8, 4) is 11.5 Å². The number of halogens is 3. The van der Waals surface area contributed by atoms with Crippen molar-refractivity contribution in [2.75, 3.05) is 25.4 Å². The van der Waals surface area contributed by atoms with Crippen molar-refractivity contribution in [3.05, 3.63) is 82.9 Å². The van der Waals surface area contributed by atoms with Crippen LogP contribution in [0.5, 0.6) is 0 Å². The maximum atomic E-state index is 12.8. The Labute approximate surface area is 218 Å². The van der Waals surface area contributed by atoms with Crippen LogP contribution >= 0.6 is 0 Å². The van der Waals surface area contributed by atoms with Gasteiger partial charge in [-0.3, -0.25) is 9.69 Å². The van der Waals surface area contributed by atoms with E-state index < -0.39 is 11.7 Å². The Kier molecular flexibility index (Phi) is 7.12. The van der Waals surface area contributed by atoms with E-state index in [1.165, 1.54) is 0 Å². The van der Waals surface area contributed by atoms with E-state index in [1.807, 2.05) is 25.1 Å². The fourth-order valence-corrected chi connectivity index (χ4v) is 4.86. The number of nitrogens with zero attached hydrogens (tertiary/aromatic N) is 2. The van der Waals surface area contributed by atoms with Gasteiger partial charge >= 0.3 is 6.18 Å². The maximum absolute atomic E-state index is 12.8. The monoisotopic (exact) mass is 522 g/mol. The zero-order valence-corrected chi connectivity index (χ0v) is 21.0. The van der Waals surface area contributed by atoms with Gasteiger partial charge in [0, 0.05) is 29.9 Å². The summed E-state index contributed by atoms with van der Waals surface area (Å²) in [6, 6.07) is 16.1. The number of fused-ring (bicyclic) bond motifs is 1. The van der Waals surface area contributed by atoms with E-state index in [4.69, 9.17) is 10.2 Å². The second kappa shape index (κ2) is 10.5. The Morgan fingerprint density at radius 3 is 2.42 bits per heavy atom. The van der Waals surface area contributed by atoms with Crippen molar-refractivity contribution >= 4 is 22.7 Å². The molecule has 1 aliphatic rings. The Hall–Kier alpha value is -3.85. The molecule has 1 aliphatic heterocycles. The van der Waals surface area contributed by atoms with Crippen LogP contribution in [0.15, 0.2) is 65.1 Å². The number of piperidine rings is 1. The number of nitrogens with one attached hydrogen (secondary N) is 1. The van der Waals surface area contributed by atoms with Gasteiger partial charge in [0.15, 0.2) is 5.58 Å². The molecule has 0 radical (unpaired) electrons. The largest absolute Gasteiger partial charge is 0.436 e. The molecule has 3 N–H and O–H groups in total. The fraction of sp³-hybridized carbons (Fsp3) is 0.310. The Bertz CT molecular complexity index is 1420. The van der Waals surface area contributed by atoms with Crippen LogP contribution in [0.2, 0.25) is 0 Å². The maximum Gasteiger partial charge on any atom is 0.416 e. The minimum Gasteiger partial charge on any atom is -0.436 e. The summed E-state index contributed by atoms with van der Waals surface area (Å²) in [7, 11) is 0. The van der Waals surface area contributed by atoms with E-state index >= 15 is 0 Å². The first-order chi connectivity index (χ1) is 18.2. The van der Waals surface area contributed by atoms with E-state index in [0.29, 0.717) is 47.2 Å². The Balaban J connectivity index is 1.10. The molecule has 2 heterocycles. The highest BCUT2D eigenvalue weighted by Gasteiger charge is 2.30. The summed E-state index contributed by atoms with van der Waals surface area (Å²) in [6.07, 6.45) is -2.48. The minimum absolute atomic E-state index is 0.134. The number of aromatic nitrogens is 1. The number of carbonyl (C=O) groups excluding carboxylic acids is 1. The second-order valence-electron chi connectivity index (χ2n) is 9.91. The summed E-state index contributed by atoms with van der Waals surface area (Å²) in [5.74, 6) is 0.700. The average molecular weight is 523 g/mol. The van der Waals surface area contributed by atoms with Crippen LogP contribution < -0.4 is 11.1 Å². The molecule has 38 heavy (non-hydrogen) atoms. The molecule has 1 aromatic heterocycles. The first-order valence-electron chi connectivity index (χ1n) is 12.6. The molecule has 6 nitrogen and oxygen atoms in total. The van der Waals surface area contributed by atoms with Gasteiger partial charge in [-0.15, -0.1) is 0 Å². The van der Waals surface area contributed by atoms with E-state index in [1.54, 1.807) is 30.3 Å². The number of likely N-dealkylation sites (tertiary alicyclic amines) is 1. The summed E-state index contributed by atoms with van der Waals surface area (Å²) >= 11 is 0. The lowest BCUT2D eigenvalue weighted by molar-refractivity contribution is -0.137. The topological polar surface area (TPSA) is 84.4 Å². The average Bonchev–Trinajstić information content (AvgIpc) is 3.32. The van der Waals surface area contributed by atoms with E-state index in [-0.39, 0.29) is 5.91 Å². The van der Waals surface area contributed by atoms with Gasteiger partial charge in [-0.1, -0.05) is 12.1 Å². The second-order valence-corrected chi connectivity index (χ2v) is 9.91. The predicted molar refractivity (Wildman–Crippen MR) is 140 cm³/mol. The van der Waals surface area contributed by atoms with Crippen LogP contribution in [0.1, 0.15) is 39.9 Å². The molecule has 5 rings (SSSR count). The molecular weight excluding hydrogens is 493 g/mol. The summed E-state index contributed by atoms with van der Waals surface area (Å²) in [6.45, 7) is 4.80. The molecule has 3 aromatic carbocycles. The molecule has 0 spiro atoms. The Morgan fingerprint density at radius 1 is 1.08 bits per heavy atom. The molecule has 0 aliphatic carbocycles. The third-order valence-corrected chi connectivity index (χ3v) is 7.04. The van der Waals surface area contributed by atoms with Gasteiger partial charge in [0.1, 0.15) is 5.52 Å². The number of nitrogen functional groups attached to an aromatic ring is 1. The number of benzene rings is 3. The molecule has 0 unspecified atom stereocenters. The van der Waals surface area contributed by atoms with E-state index in [2.05, 4.69) is 15.2 Å². The number of hydrogen-bond acceptors (Lipinski definition) is 5. The normalized spacial score (nSPS) is 15.2. The number of nitrogens with two attached hydrogens (primary N) is 1. The number of aryl methyl sites for hydroxylation is 1. The van der Waals surface area contributed by atoms with Crippen molar-refractivity contribution < 1.29 is 22.4 Å². The molecular formula is C29H29F3N4O2. The molecule has 0 bridgehead atoms. The SMILES string of the molecule is Cc1cc(N)cc2nc(-c3ccc(C(=O)NCC4CCN(Cc5ccc(C(F)(F)F)cc5)CC4)cc3)oc12. The number of oxazole rings is 1. The Morgan fingerprint density at radius 2 is 1.76 bits per heavy atom. The lowest BCUT2D eigenvalue weighted by Gasteiger charge is -2.32. The zero-order chi connectivity index (χ0) is 26.9. The molecule has 0 atom stereocenters. The van der Waals surface area contributed by atoms with E-state index in [0.717, 1.165) is 54.8 Å². The van der Waals surface area contributed by atoms with Crippen LogP contribution in [0.25, 0.3) is 22.6 Å². The number of amides is 1. The number of rotatable bonds is 6. The van der Waals surface area contributed by atoms with Crippen LogP contribution in [0, 0.1) is 12.8 Å². The molecule has 1 amide bonds. The zero-order valence-electron chi connectivity index (χ0n) is 21.0. The van der Waals surface area contributed by atoms with Gasteiger partial charge in [0.2, 0.25) is 5.89 Å². The van der Waals surface area contributed by atoms with Crippen molar-refractivity contribution in [1.29, 1.82) is 0 Å². The molecule has 4 aromatic rings. The van der Waals surface area contributed by atoms with Crippen molar-refractivity contribution in [3.63, 3.8) is 0 Å². The van der Waals surface area contributed by atoms with Crippen LogP contribution in [0.4, 0.5) is 18.9 Å². The van der Waals surface area contributed by atoms with Gasteiger partial charge in [-0.05, 0) is 98.4 Å². The summed E-state index contributed by atoms with van der Waals surface area (Å²) < 4.78 is 44.2. The summed E-state index contributed by atoms with van der Waals surface area (Å²) in [5.41, 5.74) is 10.4. The van der Waals surface area contributed by atoms with Crippen LogP contribution in [0.3, 0.4) is 0 Å². The number of hydrogen-bond donors (Lipinski definition) is 2. The fourth-order valence-electron chi connectivity index (χ4n) is 4.86. The first-order valence-corrected chi connectivity index (χ1v) is 12.6. The predicted octanol–water partition coefficient (Wildman–Crippen LogP) is 6.05. The highest BCUT2D eigenvalue weighted by atomic mass is 19.4. The van der Waals surface area contributed by atoms with Crippen molar-refractivity contribution in [2.24, 2.45) is 5.92 Å². The number of alkyl halides is 3. The van der Waals surface area contributed by atoms with Crippen molar-refractivity contribution in [1.82, 2.24) is 15.2 Å². The standard InChI is InChI=1S/C29H29F3N4O2/c1-18-14-24(33)15-25-26(18)38-28(35-25)22-6-4-21(5-7-22)27(37)34-16-19-10-12-36(13-11-19)17-20-2-8-23(9-3-20)29(30,31)32/h2-9,14-15,19H,10-13,16-17,33H2,1H3,(H,34,37). The molecule has 9 heteroatoms. The number of anilines is 1. The highest BCUT2D eigenvalue weighted by molar-refractivity contribution is 5.94. The molecule has 1 saturated heterocycles. The van der Waals surface area contributed by atoms with Crippen LogP contribution in [-0.4, -0.2) is 35.4 Å². The van der Waals surface area contributed by atoms with Gasteiger partial charge < -0.3 is 15.5 Å². The van der Waals surface area contributed by atoms with Gasteiger partial charge in [0.25, 0.3) is 5.91 Å². The quantitative estimate of drug-likeness (QED) is 0.302.